The normalized spacial score (nSPS) is 26.5. The fourth-order valence-electron chi connectivity index (χ4n) is 3.87. The first-order valence-electron chi connectivity index (χ1n) is 9.71. The summed E-state index contributed by atoms with van der Waals surface area (Å²) in [4.78, 5) is 32.8. The molecule has 4 atom stereocenters. The number of carbonyl (C=O) groups excluding carboxylic acids is 2. The molecule has 0 spiro atoms. The van der Waals surface area contributed by atoms with Crippen LogP contribution in [-0.2, 0) is 10.5 Å². The maximum atomic E-state index is 13.0. The van der Waals surface area contributed by atoms with E-state index in [4.69, 9.17) is 4.74 Å². The molecule has 8 nitrogen and oxygen atoms in total. The third kappa shape index (κ3) is 3.88. The van der Waals surface area contributed by atoms with Crippen LogP contribution in [0.3, 0.4) is 0 Å². The maximum Gasteiger partial charge on any atom is 0.327 e. The molecule has 0 radical (unpaired) electrons. The Labute approximate surface area is 180 Å². The van der Waals surface area contributed by atoms with Crippen LogP contribution in [0.25, 0.3) is 0 Å². The average molecular weight is 428 g/mol. The molecule has 2 aliphatic rings. The predicted molar refractivity (Wildman–Crippen MR) is 115 cm³/mol. The first-order valence-corrected chi connectivity index (χ1v) is 10.8. The summed E-state index contributed by atoms with van der Waals surface area (Å²) < 4.78 is 5.36. The van der Waals surface area contributed by atoms with Crippen LogP contribution in [0.5, 0.6) is 5.75 Å². The van der Waals surface area contributed by atoms with Gasteiger partial charge in [0.2, 0.25) is 5.91 Å². The summed E-state index contributed by atoms with van der Waals surface area (Å²) in [7, 11) is 4.89. The Hall–Kier alpha value is -2.62. The second kappa shape index (κ2) is 8.63. The van der Waals surface area contributed by atoms with Gasteiger partial charge in [-0.2, -0.15) is 0 Å². The van der Waals surface area contributed by atoms with E-state index in [9.17, 15) is 9.59 Å². The van der Waals surface area contributed by atoms with E-state index in [1.807, 2.05) is 42.5 Å². The summed E-state index contributed by atoms with van der Waals surface area (Å²) in [5.74, 6) is 0.792. The number of thioether (sulfide) groups is 1. The summed E-state index contributed by atoms with van der Waals surface area (Å²) in [6, 6.07) is 13.2. The van der Waals surface area contributed by atoms with Crippen molar-refractivity contribution in [1.82, 2.24) is 25.4 Å². The van der Waals surface area contributed by atoms with Crippen molar-refractivity contribution in [3.8, 4) is 5.75 Å². The highest BCUT2D eigenvalue weighted by atomic mass is 32.2. The van der Waals surface area contributed by atoms with Crippen molar-refractivity contribution >= 4 is 23.7 Å². The monoisotopic (exact) mass is 427 g/mol. The Bertz CT molecular complexity index is 928. The van der Waals surface area contributed by atoms with Gasteiger partial charge in [-0.25, -0.2) is 4.79 Å². The summed E-state index contributed by atoms with van der Waals surface area (Å²) in [5.41, 5.74) is 1.92. The van der Waals surface area contributed by atoms with Crippen molar-refractivity contribution in [2.45, 2.75) is 23.5 Å². The molecule has 9 heteroatoms. The second-order valence-electron chi connectivity index (χ2n) is 7.36. The summed E-state index contributed by atoms with van der Waals surface area (Å²) in [5, 5.41) is 6.80. The fraction of sp³-hybridized carbons (Fsp3) is 0.381. The van der Waals surface area contributed by atoms with Gasteiger partial charge in [0.05, 0.1) is 36.4 Å². The van der Waals surface area contributed by atoms with E-state index in [-0.39, 0.29) is 23.5 Å². The molecule has 3 heterocycles. The minimum absolute atomic E-state index is 0.189. The minimum Gasteiger partial charge on any atom is -0.497 e. The van der Waals surface area contributed by atoms with Gasteiger partial charge in [-0.05, 0) is 29.8 Å². The Kier molecular flexibility index (Phi) is 5.94. The first-order chi connectivity index (χ1) is 14.5. The lowest BCUT2D eigenvalue weighted by atomic mass is 9.96. The summed E-state index contributed by atoms with van der Waals surface area (Å²) in [6.45, 7) is 0. The van der Waals surface area contributed by atoms with Crippen LogP contribution >= 0.6 is 11.8 Å². The van der Waals surface area contributed by atoms with E-state index in [1.165, 1.54) is 11.9 Å². The predicted octanol–water partition coefficient (Wildman–Crippen LogP) is 2.01. The molecule has 158 valence electrons. The number of methoxy groups -OCH3 is 1. The number of hydrogen-bond donors (Lipinski definition) is 2. The van der Waals surface area contributed by atoms with Crippen LogP contribution in [0.2, 0.25) is 0 Å². The fourth-order valence-corrected chi connectivity index (χ4v) is 5.10. The van der Waals surface area contributed by atoms with Gasteiger partial charge >= 0.3 is 6.03 Å². The van der Waals surface area contributed by atoms with Crippen LogP contribution in [0.1, 0.15) is 17.4 Å². The Morgan fingerprint density at radius 2 is 1.97 bits per heavy atom. The van der Waals surface area contributed by atoms with Crippen LogP contribution in [0.15, 0.2) is 48.7 Å². The molecule has 1 aromatic heterocycles. The SMILES string of the molecule is COc1cccc(C2NC(SCc3ccccn3)C3C(=O)N(C)C(=O)N(C)C3N2)c1. The number of amides is 3. The van der Waals surface area contributed by atoms with Gasteiger partial charge in [0.25, 0.3) is 0 Å². The third-order valence-electron chi connectivity index (χ3n) is 5.52. The number of aromatic nitrogens is 1. The molecule has 4 unspecified atom stereocenters. The van der Waals surface area contributed by atoms with Gasteiger partial charge in [0, 0.05) is 26.0 Å². The first kappa shape index (κ1) is 20.6. The van der Waals surface area contributed by atoms with Crippen molar-refractivity contribution < 1.29 is 14.3 Å². The number of ether oxygens (including phenoxy) is 1. The van der Waals surface area contributed by atoms with Gasteiger partial charge in [-0.15, -0.1) is 11.8 Å². The zero-order valence-electron chi connectivity index (χ0n) is 17.1. The number of benzene rings is 1. The van der Waals surface area contributed by atoms with Gasteiger partial charge in [-0.3, -0.25) is 25.3 Å². The molecular weight excluding hydrogens is 402 g/mol. The number of urea groups is 1. The number of fused-ring (bicyclic) bond motifs is 1. The number of nitrogens with one attached hydrogen (secondary N) is 2. The maximum absolute atomic E-state index is 13.0. The number of hydrogen-bond acceptors (Lipinski definition) is 7. The summed E-state index contributed by atoms with van der Waals surface area (Å²) >= 11 is 1.62. The van der Waals surface area contributed by atoms with Crippen LogP contribution < -0.4 is 15.4 Å². The van der Waals surface area contributed by atoms with Crippen LogP contribution in [-0.4, -0.2) is 59.5 Å². The third-order valence-corrected chi connectivity index (χ3v) is 6.77. The lowest BCUT2D eigenvalue weighted by Gasteiger charge is -2.50. The molecule has 30 heavy (non-hydrogen) atoms. The molecule has 0 saturated carbocycles. The van der Waals surface area contributed by atoms with E-state index in [0.29, 0.717) is 5.75 Å². The largest absolute Gasteiger partial charge is 0.497 e. The number of pyridine rings is 1. The van der Waals surface area contributed by atoms with Crippen LogP contribution in [0, 0.1) is 5.92 Å². The Balaban J connectivity index is 1.63. The Morgan fingerprint density at radius 3 is 2.70 bits per heavy atom. The average Bonchev–Trinajstić information content (AvgIpc) is 2.80. The zero-order valence-corrected chi connectivity index (χ0v) is 17.9. The molecule has 0 bridgehead atoms. The highest BCUT2D eigenvalue weighted by molar-refractivity contribution is 7.99. The lowest BCUT2D eigenvalue weighted by Crippen LogP contribution is -2.72. The molecule has 1 aromatic carbocycles. The van der Waals surface area contributed by atoms with Crippen molar-refractivity contribution in [1.29, 1.82) is 0 Å². The minimum atomic E-state index is -0.423. The van der Waals surface area contributed by atoms with E-state index in [2.05, 4.69) is 15.6 Å². The molecular formula is C21H25N5O3S. The number of nitrogens with zero attached hydrogens (tertiary/aromatic N) is 3. The second-order valence-corrected chi connectivity index (χ2v) is 8.49. The molecule has 4 rings (SSSR count). The molecule has 2 fully saturated rings. The van der Waals surface area contributed by atoms with Crippen molar-refractivity contribution in [2.24, 2.45) is 5.92 Å². The Morgan fingerprint density at radius 1 is 1.13 bits per heavy atom. The molecule has 2 saturated heterocycles. The van der Waals surface area contributed by atoms with Crippen molar-refractivity contribution in [2.75, 3.05) is 21.2 Å². The van der Waals surface area contributed by atoms with Crippen LogP contribution in [0.4, 0.5) is 4.79 Å². The van der Waals surface area contributed by atoms with E-state index in [0.717, 1.165) is 17.0 Å². The standard InChI is InChI=1S/C21H25N5O3S/c1-25-18-16(20(27)26(2)21(25)28)19(30-12-14-8-4-5-10-22-14)24-17(23-18)13-7-6-9-15(11-13)29-3/h4-11,16-19,23-24H,12H2,1-3H3. The van der Waals surface area contributed by atoms with E-state index >= 15 is 0 Å². The van der Waals surface area contributed by atoms with E-state index in [1.54, 1.807) is 37.0 Å². The zero-order chi connectivity index (χ0) is 21.3. The van der Waals surface area contributed by atoms with Crippen molar-refractivity contribution in [3.05, 3.63) is 59.9 Å². The lowest BCUT2D eigenvalue weighted by molar-refractivity contribution is -0.140. The van der Waals surface area contributed by atoms with Gasteiger partial charge in [0.15, 0.2) is 0 Å². The van der Waals surface area contributed by atoms with Gasteiger partial charge in [-0.1, -0.05) is 18.2 Å². The molecule has 3 amide bonds. The van der Waals surface area contributed by atoms with Gasteiger partial charge < -0.3 is 9.64 Å². The highest BCUT2D eigenvalue weighted by Crippen LogP contribution is 2.35. The molecule has 0 aliphatic carbocycles. The van der Waals surface area contributed by atoms with E-state index < -0.39 is 12.1 Å². The summed E-state index contributed by atoms with van der Waals surface area (Å²) in [6.07, 6.45) is 1.11. The van der Waals surface area contributed by atoms with Crippen molar-refractivity contribution in [3.63, 3.8) is 0 Å². The molecule has 2 aromatic rings. The molecule has 2 N–H and O–H groups in total. The topological polar surface area (TPSA) is 86.8 Å². The smallest absolute Gasteiger partial charge is 0.327 e. The number of imide groups is 1. The number of rotatable bonds is 5. The number of carbonyl (C=O) groups is 2. The highest BCUT2D eigenvalue weighted by Gasteiger charge is 2.51. The quantitative estimate of drug-likeness (QED) is 0.755. The van der Waals surface area contributed by atoms with Gasteiger partial charge in [0.1, 0.15) is 5.75 Å². The molecule has 2 aliphatic heterocycles.